The molecule has 2 amide bonds. The van der Waals surface area contributed by atoms with E-state index in [1.165, 1.54) is 0 Å². The maximum absolute atomic E-state index is 11.9. The highest BCUT2D eigenvalue weighted by Gasteiger charge is 2.24. The van der Waals surface area contributed by atoms with Gasteiger partial charge in [-0.15, -0.1) is 0 Å². The van der Waals surface area contributed by atoms with Crippen molar-refractivity contribution in [2.24, 2.45) is 11.8 Å². The minimum atomic E-state index is 0.0193. The Hall–Kier alpha value is -1.10. The first kappa shape index (κ1) is 16.0. The van der Waals surface area contributed by atoms with E-state index < -0.39 is 0 Å². The molecule has 19 heavy (non-hydrogen) atoms. The molecule has 1 aliphatic heterocycles. The van der Waals surface area contributed by atoms with Crippen LogP contribution in [0.3, 0.4) is 0 Å². The second kappa shape index (κ2) is 8.15. The maximum Gasteiger partial charge on any atom is 0.223 e. The van der Waals surface area contributed by atoms with Crippen molar-refractivity contribution in [1.82, 2.24) is 16.0 Å². The zero-order chi connectivity index (χ0) is 14.3. The van der Waals surface area contributed by atoms with Crippen molar-refractivity contribution in [3.05, 3.63) is 0 Å². The molecule has 5 heteroatoms. The summed E-state index contributed by atoms with van der Waals surface area (Å²) in [7, 11) is 0. The molecule has 2 atom stereocenters. The number of amides is 2. The standard InChI is InChI=1S/C14H27N3O2/c1-10(2)13(18)16-6-4-7-17-14(19)12-5-8-15-11(3)9-12/h10-12,15H,4-9H2,1-3H3,(H,16,18)(H,17,19)/t11-,12-/m0/s1. The van der Waals surface area contributed by atoms with Gasteiger partial charge in [-0.05, 0) is 32.7 Å². The van der Waals surface area contributed by atoms with Crippen molar-refractivity contribution in [1.29, 1.82) is 0 Å². The average molecular weight is 269 g/mol. The van der Waals surface area contributed by atoms with E-state index in [4.69, 9.17) is 0 Å². The van der Waals surface area contributed by atoms with Gasteiger partial charge in [0, 0.05) is 31.0 Å². The van der Waals surface area contributed by atoms with Gasteiger partial charge in [-0.3, -0.25) is 9.59 Å². The van der Waals surface area contributed by atoms with Gasteiger partial charge in [0.2, 0.25) is 11.8 Å². The predicted molar refractivity (Wildman–Crippen MR) is 75.7 cm³/mol. The molecular weight excluding hydrogens is 242 g/mol. The lowest BCUT2D eigenvalue weighted by molar-refractivity contribution is -0.126. The summed E-state index contributed by atoms with van der Waals surface area (Å²) < 4.78 is 0. The van der Waals surface area contributed by atoms with Gasteiger partial charge in [0.25, 0.3) is 0 Å². The number of rotatable bonds is 6. The molecule has 110 valence electrons. The molecule has 1 heterocycles. The second-order valence-electron chi connectivity index (χ2n) is 5.67. The molecule has 0 bridgehead atoms. The highest BCUT2D eigenvalue weighted by atomic mass is 16.2. The van der Waals surface area contributed by atoms with Gasteiger partial charge in [0.15, 0.2) is 0 Å². The highest BCUT2D eigenvalue weighted by molar-refractivity contribution is 5.79. The lowest BCUT2D eigenvalue weighted by atomic mass is 9.92. The van der Waals surface area contributed by atoms with E-state index in [0.29, 0.717) is 19.1 Å². The Labute approximate surface area is 115 Å². The lowest BCUT2D eigenvalue weighted by Crippen LogP contribution is -2.43. The molecular formula is C14H27N3O2. The van der Waals surface area contributed by atoms with Gasteiger partial charge in [-0.25, -0.2) is 0 Å². The first-order chi connectivity index (χ1) is 9.00. The van der Waals surface area contributed by atoms with Crippen LogP contribution in [0.5, 0.6) is 0 Å². The summed E-state index contributed by atoms with van der Waals surface area (Å²) in [6, 6.07) is 0.426. The van der Waals surface area contributed by atoms with Crippen LogP contribution in [0.15, 0.2) is 0 Å². The SMILES string of the molecule is CC(C)C(=O)NCCCNC(=O)[C@H]1CCN[C@@H](C)C1. The molecule has 3 N–H and O–H groups in total. The summed E-state index contributed by atoms with van der Waals surface area (Å²) in [4.78, 5) is 23.2. The smallest absolute Gasteiger partial charge is 0.223 e. The molecule has 0 saturated carbocycles. The third-order valence-corrected chi connectivity index (χ3v) is 3.47. The molecule has 1 saturated heterocycles. The Kier molecular flexibility index (Phi) is 6.84. The van der Waals surface area contributed by atoms with Crippen molar-refractivity contribution in [2.45, 2.75) is 46.1 Å². The van der Waals surface area contributed by atoms with Crippen molar-refractivity contribution in [3.63, 3.8) is 0 Å². The third-order valence-electron chi connectivity index (χ3n) is 3.47. The first-order valence-electron chi connectivity index (χ1n) is 7.29. The summed E-state index contributed by atoms with van der Waals surface area (Å²) in [5.74, 6) is 0.384. The van der Waals surface area contributed by atoms with Crippen LogP contribution in [-0.2, 0) is 9.59 Å². The fraction of sp³-hybridized carbons (Fsp3) is 0.857. The number of piperidine rings is 1. The van der Waals surface area contributed by atoms with Crippen LogP contribution in [0.1, 0.15) is 40.0 Å². The topological polar surface area (TPSA) is 70.2 Å². The summed E-state index contributed by atoms with van der Waals surface area (Å²) in [6.45, 7) is 8.03. The molecule has 0 aromatic carbocycles. The van der Waals surface area contributed by atoms with Crippen LogP contribution in [0.2, 0.25) is 0 Å². The van der Waals surface area contributed by atoms with Crippen molar-refractivity contribution >= 4 is 11.8 Å². The molecule has 0 unspecified atom stereocenters. The molecule has 1 fully saturated rings. The van der Waals surface area contributed by atoms with Gasteiger partial charge < -0.3 is 16.0 Å². The number of carbonyl (C=O) groups excluding carboxylic acids is 2. The van der Waals surface area contributed by atoms with Crippen LogP contribution in [0.25, 0.3) is 0 Å². The van der Waals surface area contributed by atoms with Crippen molar-refractivity contribution in [3.8, 4) is 0 Å². The third kappa shape index (κ3) is 6.05. The lowest BCUT2D eigenvalue weighted by Gasteiger charge is -2.27. The molecule has 5 nitrogen and oxygen atoms in total. The van der Waals surface area contributed by atoms with E-state index >= 15 is 0 Å². The molecule has 1 aliphatic rings. The average Bonchev–Trinajstić information content (AvgIpc) is 2.37. The normalized spacial score (nSPS) is 23.2. The number of hydrogen-bond acceptors (Lipinski definition) is 3. The summed E-state index contributed by atoms with van der Waals surface area (Å²) in [5.41, 5.74) is 0. The molecule has 0 radical (unpaired) electrons. The zero-order valence-corrected chi connectivity index (χ0v) is 12.3. The zero-order valence-electron chi connectivity index (χ0n) is 12.3. The quantitative estimate of drug-likeness (QED) is 0.620. The Morgan fingerprint density at radius 2 is 1.95 bits per heavy atom. The van der Waals surface area contributed by atoms with Gasteiger partial charge in [-0.1, -0.05) is 13.8 Å². The van der Waals surface area contributed by atoms with Crippen LogP contribution in [0.4, 0.5) is 0 Å². The van der Waals surface area contributed by atoms with E-state index in [-0.39, 0.29) is 23.7 Å². The van der Waals surface area contributed by atoms with E-state index in [1.807, 2.05) is 13.8 Å². The largest absolute Gasteiger partial charge is 0.356 e. The Bertz CT molecular complexity index is 305. The molecule has 1 rings (SSSR count). The van der Waals surface area contributed by atoms with Crippen molar-refractivity contribution < 1.29 is 9.59 Å². The maximum atomic E-state index is 11.9. The van der Waals surface area contributed by atoms with Crippen LogP contribution in [0, 0.1) is 11.8 Å². The number of nitrogens with one attached hydrogen (secondary N) is 3. The molecule has 0 aromatic rings. The summed E-state index contributed by atoms with van der Waals surface area (Å²) in [5, 5.41) is 9.14. The fourth-order valence-corrected chi connectivity index (χ4v) is 2.23. The summed E-state index contributed by atoms with van der Waals surface area (Å²) in [6.07, 6.45) is 2.61. The van der Waals surface area contributed by atoms with Crippen molar-refractivity contribution in [2.75, 3.05) is 19.6 Å². The Morgan fingerprint density at radius 3 is 2.58 bits per heavy atom. The van der Waals surface area contributed by atoms with Gasteiger partial charge in [0.1, 0.15) is 0 Å². The van der Waals surface area contributed by atoms with Crippen LogP contribution >= 0.6 is 0 Å². The van der Waals surface area contributed by atoms with E-state index in [9.17, 15) is 9.59 Å². The Morgan fingerprint density at radius 1 is 1.26 bits per heavy atom. The van der Waals surface area contributed by atoms with Crippen LogP contribution in [-0.4, -0.2) is 37.5 Å². The van der Waals surface area contributed by atoms with E-state index in [2.05, 4.69) is 22.9 Å². The monoisotopic (exact) mass is 269 g/mol. The second-order valence-corrected chi connectivity index (χ2v) is 5.67. The fourth-order valence-electron chi connectivity index (χ4n) is 2.23. The summed E-state index contributed by atoms with van der Waals surface area (Å²) >= 11 is 0. The molecule has 0 aromatic heterocycles. The van der Waals surface area contributed by atoms with Gasteiger partial charge >= 0.3 is 0 Å². The predicted octanol–water partition coefficient (Wildman–Crippen LogP) is 0.653. The van der Waals surface area contributed by atoms with E-state index in [0.717, 1.165) is 25.8 Å². The van der Waals surface area contributed by atoms with E-state index in [1.54, 1.807) is 0 Å². The first-order valence-corrected chi connectivity index (χ1v) is 7.29. The minimum absolute atomic E-state index is 0.0193. The van der Waals surface area contributed by atoms with Gasteiger partial charge in [-0.2, -0.15) is 0 Å². The number of hydrogen-bond donors (Lipinski definition) is 3. The highest BCUT2D eigenvalue weighted by Crippen LogP contribution is 2.15. The molecule has 0 aliphatic carbocycles. The number of carbonyl (C=O) groups is 2. The minimum Gasteiger partial charge on any atom is -0.356 e. The van der Waals surface area contributed by atoms with Gasteiger partial charge in [0.05, 0.1) is 0 Å². The van der Waals surface area contributed by atoms with Crippen LogP contribution < -0.4 is 16.0 Å². The molecule has 0 spiro atoms. The Balaban J connectivity index is 2.09.